The standard InChI is InChI=1S/C13H17F2NO/c1-8(2)13(17)16(4)9(3)10-5-6-11(14)12(15)7-10/h5-9H,1-4H3. The van der Waals surface area contributed by atoms with Crippen molar-refractivity contribution in [2.45, 2.75) is 26.8 Å². The highest BCUT2D eigenvalue weighted by atomic mass is 19.2. The van der Waals surface area contributed by atoms with Gasteiger partial charge in [0.05, 0.1) is 6.04 Å². The normalized spacial score (nSPS) is 12.6. The van der Waals surface area contributed by atoms with Crippen molar-refractivity contribution in [3.63, 3.8) is 0 Å². The lowest BCUT2D eigenvalue weighted by Crippen LogP contribution is -2.32. The summed E-state index contributed by atoms with van der Waals surface area (Å²) >= 11 is 0. The van der Waals surface area contributed by atoms with Gasteiger partial charge >= 0.3 is 0 Å². The molecule has 0 saturated heterocycles. The van der Waals surface area contributed by atoms with E-state index in [4.69, 9.17) is 0 Å². The summed E-state index contributed by atoms with van der Waals surface area (Å²) in [4.78, 5) is 13.3. The number of hydrogen-bond acceptors (Lipinski definition) is 1. The van der Waals surface area contributed by atoms with Gasteiger partial charge in [-0.15, -0.1) is 0 Å². The van der Waals surface area contributed by atoms with Crippen LogP contribution in [0.15, 0.2) is 18.2 Å². The second-order valence-electron chi connectivity index (χ2n) is 4.45. The Morgan fingerprint density at radius 1 is 1.18 bits per heavy atom. The number of benzene rings is 1. The molecule has 1 atom stereocenters. The van der Waals surface area contributed by atoms with Crippen molar-refractivity contribution in [3.05, 3.63) is 35.4 Å². The number of halogens is 2. The third-order valence-corrected chi connectivity index (χ3v) is 2.85. The number of rotatable bonds is 3. The fraction of sp³-hybridized carbons (Fsp3) is 0.462. The molecular formula is C13H17F2NO. The summed E-state index contributed by atoms with van der Waals surface area (Å²) in [5.41, 5.74) is 0.584. The monoisotopic (exact) mass is 241 g/mol. The van der Waals surface area contributed by atoms with Crippen molar-refractivity contribution in [2.24, 2.45) is 5.92 Å². The van der Waals surface area contributed by atoms with Gasteiger partial charge < -0.3 is 4.90 Å². The van der Waals surface area contributed by atoms with E-state index >= 15 is 0 Å². The molecular weight excluding hydrogens is 224 g/mol. The lowest BCUT2D eigenvalue weighted by atomic mass is 10.1. The van der Waals surface area contributed by atoms with Gasteiger partial charge in [-0.1, -0.05) is 19.9 Å². The number of nitrogens with zero attached hydrogens (tertiary/aromatic N) is 1. The maximum atomic E-state index is 13.1. The first-order valence-electron chi connectivity index (χ1n) is 5.56. The molecule has 0 aromatic heterocycles. The average molecular weight is 241 g/mol. The minimum absolute atomic E-state index is 0.0257. The third kappa shape index (κ3) is 3.02. The van der Waals surface area contributed by atoms with Gasteiger partial charge in [0, 0.05) is 13.0 Å². The van der Waals surface area contributed by atoms with Crippen molar-refractivity contribution in [3.8, 4) is 0 Å². The fourth-order valence-corrected chi connectivity index (χ4v) is 1.59. The lowest BCUT2D eigenvalue weighted by molar-refractivity contribution is -0.135. The van der Waals surface area contributed by atoms with Gasteiger partial charge in [-0.3, -0.25) is 4.79 Å². The van der Waals surface area contributed by atoms with Gasteiger partial charge in [0.25, 0.3) is 0 Å². The van der Waals surface area contributed by atoms with Gasteiger partial charge in [-0.25, -0.2) is 8.78 Å². The number of amides is 1. The second kappa shape index (κ2) is 5.25. The predicted molar refractivity (Wildman–Crippen MR) is 62.4 cm³/mol. The Bertz CT molecular complexity index is 418. The molecule has 1 rings (SSSR count). The van der Waals surface area contributed by atoms with Crippen LogP contribution in [0, 0.1) is 17.6 Å². The molecule has 0 spiro atoms. The summed E-state index contributed by atoms with van der Waals surface area (Å²) in [6.45, 7) is 5.39. The molecule has 4 heteroatoms. The zero-order chi connectivity index (χ0) is 13.2. The maximum Gasteiger partial charge on any atom is 0.225 e. The maximum absolute atomic E-state index is 13.1. The lowest BCUT2D eigenvalue weighted by Gasteiger charge is -2.27. The summed E-state index contributed by atoms with van der Waals surface area (Å²) in [5, 5.41) is 0. The van der Waals surface area contributed by atoms with E-state index in [9.17, 15) is 13.6 Å². The molecule has 0 aliphatic heterocycles. The van der Waals surface area contributed by atoms with Gasteiger partial charge in [-0.05, 0) is 24.6 Å². The van der Waals surface area contributed by atoms with E-state index in [1.54, 1.807) is 27.8 Å². The van der Waals surface area contributed by atoms with Gasteiger partial charge in [0.2, 0.25) is 5.91 Å². The smallest absolute Gasteiger partial charge is 0.225 e. The minimum atomic E-state index is -0.889. The van der Waals surface area contributed by atoms with Crippen LogP contribution >= 0.6 is 0 Å². The highest BCUT2D eigenvalue weighted by Gasteiger charge is 2.20. The van der Waals surface area contributed by atoms with Gasteiger partial charge in [-0.2, -0.15) is 0 Å². The Kier molecular flexibility index (Phi) is 4.21. The van der Waals surface area contributed by atoms with Gasteiger partial charge in [0.1, 0.15) is 0 Å². The summed E-state index contributed by atoms with van der Waals surface area (Å²) in [7, 11) is 1.66. The number of carbonyl (C=O) groups excluding carboxylic acids is 1. The molecule has 1 amide bonds. The molecule has 0 heterocycles. The van der Waals surface area contributed by atoms with Crippen molar-refractivity contribution in [1.82, 2.24) is 4.90 Å². The molecule has 0 aliphatic rings. The van der Waals surface area contributed by atoms with Crippen LogP contribution in [0.4, 0.5) is 8.78 Å². The Morgan fingerprint density at radius 3 is 2.24 bits per heavy atom. The first kappa shape index (κ1) is 13.6. The van der Waals surface area contributed by atoms with E-state index in [1.165, 1.54) is 11.0 Å². The largest absolute Gasteiger partial charge is 0.339 e. The second-order valence-corrected chi connectivity index (χ2v) is 4.45. The Hall–Kier alpha value is -1.45. The number of carbonyl (C=O) groups is 1. The molecule has 1 aromatic rings. The first-order chi connectivity index (χ1) is 7.84. The van der Waals surface area contributed by atoms with Crippen molar-refractivity contribution < 1.29 is 13.6 Å². The van der Waals surface area contributed by atoms with E-state index < -0.39 is 11.6 Å². The van der Waals surface area contributed by atoms with E-state index in [0.717, 1.165) is 12.1 Å². The van der Waals surface area contributed by atoms with E-state index in [2.05, 4.69) is 0 Å². The van der Waals surface area contributed by atoms with E-state index in [-0.39, 0.29) is 17.9 Å². The summed E-state index contributed by atoms with van der Waals surface area (Å²) < 4.78 is 25.9. The Balaban J connectivity index is 2.92. The minimum Gasteiger partial charge on any atom is -0.339 e. The summed E-state index contributed by atoms with van der Waals surface area (Å²) in [6, 6.07) is 3.42. The zero-order valence-electron chi connectivity index (χ0n) is 10.5. The van der Waals surface area contributed by atoms with Crippen LogP contribution in [-0.4, -0.2) is 17.9 Å². The quantitative estimate of drug-likeness (QED) is 0.796. The SMILES string of the molecule is CC(C)C(=O)N(C)C(C)c1ccc(F)c(F)c1. The van der Waals surface area contributed by atoms with Crippen molar-refractivity contribution in [2.75, 3.05) is 7.05 Å². The molecule has 0 fully saturated rings. The van der Waals surface area contributed by atoms with Crippen LogP contribution in [0.25, 0.3) is 0 Å². The van der Waals surface area contributed by atoms with Crippen LogP contribution in [-0.2, 0) is 4.79 Å². The molecule has 0 radical (unpaired) electrons. The first-order valence-corrected chi connectivity index (χ1v) is 5.56. The van der Waals surface area contributed by atoms with Crippen molar-refractivity contribution >= 4 is 5.91 Å². The third-order valence-electron chi connectivity index (χ3n) is 2.85. The molecule has 94 valence electrons. The van der Waals surface area contributed by atoms with Crippen LogP contribution in [0.5, 0.6) is 0 Å². The van der Waals surface area contributed by atoms with Crippen LogP contribution < -0.4 is 0 Å². The van der Waals surface area contributed by atoms with E-state index in [1.807, 2.05) is 0 Å². The van der Waals surface area contributed by atoms with Crippen LogP contribution in [0.3, 0.4) is 0 Å². The molecule has 0 aliphatic carbocycles. The molecule has 2 nitrogen and oxygen atoms in total. The molecule has 1 unspecified atom stereocenters. The van der Waals surface area contributed by atoms with Gasteiger partial charge in [0.15, 0.2) is 11.6 Å². The average Bonchev–Trinajstić information content (AvgIpc) is 2.29. The molecule has 0 saturated carbocycles. The number of hydrogen-bond donors (Lipinski definition) is 0. The van der Waals surface area contributed by atoms with Crippen LogP contribution in [0.1, 0.15) is 32.4 Å². The zero-order valence-corrected chi connectivity index (χ0v) is 10.5. The van der Waals surface area contributed by atoms with Crippen molar-refractivity contribution in [1.29, 1.82) is 0 Å². The Labute approximate surface area is 100 Å². The van der Waals surface area contributed by atoms with Crippen LogP contribution in [0.2, 0.25) is 0 Å². The molecule has 17 heavy (non-hydrogen) atoms. The van der Waals surface area contributed by atoms with E-state index in [0.29, 0.717) is 5.56 Å². The highest BCUT2D eigenvalue weighted by Crippen LogP contribution is 2.22. The molecule has 0 bridgehead atoms. The summed E-state index contributed by atoms with van der Waals surface area (Å²) in [6.07, 6.45) is 0. The molecule has 1 aromatic carbocycles. The summed E-state index contributed by atoms with van der Waals surface area (Å²) in [5.74, 6) is -1.91. The topological polar surface area (TPSA) is 20.3 Å². The predicted octanol–water partition coefficient (Wildman–Crippen LogP) is 3.14. The Morgan fingerprint density at radius 2 is 1.76 bits per heavy atom. The highest BCUT2D eigenvalue weighted by molar-refractivity contribution is 5.78. The fourth-order valence-electron chi connectivity index (χ4n) is 1.59. The molecule has 0 N–H and O–H groups in total.